The Balaban J connectivity index is 1.28. The number of fused-ring (bicyclic) bond motifs is 1. The highest BCUT2D eigenvalue weighted by molar-refractivity contribution is 6.04. The first-order chi connectivity index (χ1) is 18.8. The summed E-state index contributed by atoms with van der Waals surface area (Å²) in [7, 11) is 0. The fourth-order valence-electron chi connectivity index (χ4n) is 4.78. The van der Waals surface area contributed by atoms with Crippen molar-refractivity contribution in [2.45, 2.75) is 12.5 Å². The average molecular weight is 496 g/mol. The number of pyridine rings is 1. The Hall–Kier alpha value is -5.10. The summed E-state index contributed by atoms with van der Waals surface area (Å²) in [6, 6.07) is 36.8. The molecule has 1 aromatic heterocycles. The van der Waals surface area contributed by atoms with E-state index in [1.807, 2.05) is 30.3 Å². The number of carbonyl (C=O) groups excluding carboxylic acids is 1. The largest absolute Gasteiger partial charge is 0.272 e. The van der Waals surface area contributed by atoms with E-state index in [-0.39, 0.29) is 11.9 Å². The number of amides is 1. The Morgan fingerprint density at radius 3 is 2.47 bits per heavy atom. The molecule has 1 aliphatic rings. The van der Waals surface area contributed by atoms with E-state index in [0.717, 1.165) is 28.9 Å². The van der Waals surface area contributed by atoms with Gasteiger partial charge in [-0.05, 0) is 51.7 Å². The van der Waals surface area contributed by atoms with E-state index < -0.39 is 0 Å². The van der Waals surface area contributed by atoms with E-state index in [4.69, 9.17) is 5.10 Å². The van der Waals surface area contributed by atoms with Crippen molar-refractivity contribution in [1.82, 2.24) is 10.4 Å². The van der Waals surface area contributed by atoms with Crippen molar-refractivity contribution in [3.8, 4) is 0 Å². The summed E-state index contributed by atoms with van der Waals surface area (Å²) in [4.78, 5) is 16.1. The minimum atomic E-state index is -0.302. The van der Waals surface area contributed by atoms with E-state index in [9.17, 15) is 4.79 Å². The van der Waals surface area contributed by atoms with Gasteiger partial charge in [-0.1, -0.05) is 84.9 Å². The molecule has 0 saturated carbocycles. The van der Waals surface area contributed by atoms with E-state index in [1.54, 1.807) is 24.5 Å². The topological polar surface area (TPSA) is 70.0 Å². The summed E-state index contributed by atoms with van der Waals surface area (Å²) in [5.74, 6) is -0.302. The summed E-state index contributed by atoms with van der Waals surface area (Å²) >= 11 is 0. The summed E-state index contributed by atoms with van der Waals surface area (Å²) in [6.45, 7) is 0. The highest BCUT2D eigenvalue weighted by atomic mass is 16.2. The molecule has 0 aliphatic carbocycles. The summed E-state index contributed by atoms with van der Waals surface area (Å²) < 4.78 is 0. The molecule has 6 rings (SSSR count). The van der Waals surface area contributed by atoms with Crippen molar-refractivity contribution in [2.75, 3.05) is 5.01 Å². The molecular formula is C32H25N5O. The summed E-state index contributed by atoms with van der Waals surface area (Å²) in [5, 5.41) is 13.8. The van der Waals surface area contributed by atoms with Crippen LogP contribution in [0.4, 0.5) is 5.69 Å². The van der Waals surface area contributed by atoms with Gasteiger partial charge in [0.05, 0.1) is 29.2 Å². The van der Waals surface area contributed by atoms with Crippen LogP contribution in [0.5, 0.6) is 0 Å². The predicted molar refractivity (Wildman–Crippen MR) is 153 cm³/mol. The van der Waals surface area contributed by atoms with Gasteiger partial charge in [0.25, 0.3) is 5.91 Å². The van der Waals surface area contributed by atoms with Gasteiger partial charge in [0.15, 0.2) is 0 Å². The second kappa shape index (κ2) is 10.5. The monoisotopic (exact) mass is 495 g/mol. The van der Waals surface area contributed by atoms with Crippen LogP contribution in [0.3, 0.4) is 0 Å². The van der Waals surface area contributed by atoms with Gasteiger partial charge in [-0.25, -0.2) is 5.43 Å². The second-order valence-corrected chi connectivity index (χ2v) is 9.08. The standard InChI is InChI=1S/C32H25N5O/c38-32(26-12-7-19-33-22-26)35-34-21-23-15-17-27(18-16-23)37-31(20-30(36-37)25-9-2-1-3-10-25)29-14-6-11-24-8-4-5-13-28(24)29/h1-19,21-22,31H,20H2,(H,35,38)/b34-21+/t31-/m1/s1. The first-order valence-electron chi connectivity index (χ1n) is 12.5. The molecule has 6 nitrogen and oxygen atoms in total. The molecule has 2 heterocycles. The van der Waals surface area contributed by atoms with Crippen molar-refractivity contribution in [1.29, 1.82) is 0 Å². The lowest BCUT2D eigenvalue weighted by atomic mass is 9.94. The first-order valence-corrected chi connectivity index (χ1v) is 12.5. The number of aromatic nitrogens is 1. The molecule has 0 radical (unpaired) electrons. The van der Waals surface area contributed by atoms with Gasteiger partial charge in [-0.2, -0.15) is 10.2 Å². The SMILES string of the molecule is O=C(N/N=C/c1ccc(N2N=C(c3ccccc3)C[C@@H]2c2cccc3ccccc23)cc1)c1cccnc1. The number of nitrogens with one attached hydrogen (secondary N) is 1. The van der Waals surface area contributed by atoms with Gasteiger partial charge < -0.3 is 0 Å². The van der Waals surface area contributed by atoms with Crippen LogP contribution in [0, 0.1) is 0 Å². The van der Waals surface area contributed by atoms with Gasteiger partial charge in [0.1, 0.15) is 0 Å². The normalized spacial score (nSPS) is 15.1. The van der Waals surface area contributed by atoms with Crippen molar-refractivity contribution in [3.05, 3.63) is 144 Å². The van der Waals surface area contributed by atoms with Crippen LogP contribution in [-0.2, 0) is 0 Å². The molecule has 184 valence electrons. The molecule has 4 aromatic carbocycles. The zero-order valence-electron chi connectivity index (χ0n) is 20.6. The number of benzene rings is 4. The van der Waals surface area contributed by atoms with Crippen LogP contribution in [0.15, 0.2) is 132 Å². The Bertz CT molecular complexity index is 1620. The number of hydrogen-bond acceptors (Lipinski definition) is 5. The predicted octanol–water partition coefficient (Wildman–Crippen LogP) is 6.35. The Morgan fingerprint density at radius 2 is 1.66 bits per heavy atom. The van der Waals surface area contributed by atoms with Gasteiger partial charge in [0.2, 0.25) is 0 Å². The minimum absolute atomic E-state index is 0.0644. The van der Waals surface area contributed by atoms with Crippen molar-refractivity contribution in [3.63, 3.8) is 0 Å². The fourth-order valence-corrected chi connectivity index (χ4v) is 4.78. The van der Waals surface area contributed by atoms with Crippen LogP contribution in [-0.4, -0.2) is 22.8 Å². The Kier molecular flexibility index (Phi) is 6.43. The third-order valence-electron chi connectivity index (χ3n) is 6.66. The Labute approximate surface area is 221 Å². The average Bonchev–Trinajstić information content (AvgIpc) is 3.43. The lowest BCUT2D eigenvalue weighted by Gasteiger charge is -2.25. The third kappa shape index (κ3) is 4.80. The molecule has 0 bridgehead atoms. The molecule has 0 fully saturated rings. The van der Waals surface area contributed by atoms with Gasteiger partial charge in [-0.3, -0.25) is 14.8 Å². The van der Waals surface area contributed by atoms with E-state index in [0.29, 0.717) is 5.56 Å². The second-order valence-electron chi connectivity index (χ2n) is 9.08. The van der Waals surface area contributed by atoms with Crippen LogP contribution < -0.4 is 10.4 Å². The van der Waals surface area contributed by atoms with E-state index in [1.165, 1.54) is 22.5 Å². The number of hydrazone groups is 2. The van der Waals surface area contributed by atoms with Crippen molar-refractivity contribution >= 4 is 34.3 Å². The first kappa shape index (κ1) is 23.3. The van der Waals surface area contributed by atoms with Gasteiger partial charge in [0, 0.05) is 18.8 Å². The maximum atomic E-state index is 12.2. The van der Waals surface area contributed by atoms with E-state index >= 15 is 0 Å². The number of rotatable bonds is 6. The van der Waals surface area contributed by atoms with Crippen molar-refractivity contribution in [2.24, 2.45) is 10.2 Å². The van der Waals surface area contributed by atoms with Crippen LogP contribution in [0.1, 0.15) is 39.5 Å². The summed E-state index contributed by atoms with van der Waals surface area (Å²) in [6.07, 6.45) is 5.57. The highest BCUT2D eigenvalue weighted by Crippen LogP contribution is 2.39. The molecule has 5 aromatic rings. The maximum Gasteiger partial charge on any atom is 0.272 e. The quantitative estimate of drug-likeness (QED) is 0.220. The van der Waals surface area contributed by atoms with Crippen LogP contribution in [0.2, 0.25) is 0 Å². The molecule has 1 aliphatic heterocycles. The highest BCUT2D eigenvalue weighted by Gasteiger charge is 2.30. The molecule has 0 spiro atoms. The number of nitrogens with zero attached hydrogens (tertiary/aromatic N) is 4. The smallest absolute Gasteiger partial charge is 0.267 e. The molecule has 1 N–H and O–H groups in total. The Morgan fingerprint density at radius 1 is 0.868 bits per heavy atom. The van der Waals surface area contributed by atoms with Gasteiger partial charge in [-0.15, -0.1) is 0 Å². The molecule has 1 amide bonds. The lowest BCUT2D eigenvalue weighted by Crippen LogP contribution is -2.19. The molecule has 0 saturated heterocycles. The zero-order chi connectivity index (χ0) is 25.7. The molecule has 0 unspecified atom stereocenters. The number of anilines is 1. The van der Waals surface area contributed by atoms with Crippen molar-refractivity contribution < 1.29 is 4.79 Å². The van der Waals surface area contributed by atoms with E-state index in [2.05, 4.69) is 87.3 Å². The molecule has 1 atom stereocenters. The molecular weight excluding hydrogens is 470 g/mol. The van der Waals surface area contributed by atoms with Gasteiger partial charge >= 0.3 is 0 Å². The van der Waals surface area contributed by atoms with Crippen LogP contribution in [0.25, 0.3) is 10.8 Å². The fraction of sp³-hybridized carbons (Fsp3) is 0.0625. The number of carbonyl (C=O) groups is 1. The minimum Gasteiger partial charge on any atom is -0.267 e. The molecule has 6 heteroatoms. The number of hydrogen-bond donors (Lipinski definition) is 1. The summed E-state index contributed by atoms with van der Waals surface area (Å²) in [5.41, 5.74) is 8.31. The third-order valence-corrected chi connectivity index (χ3v) is 6.66. The maximum absolute atomic E-state index is 12.2. The van der Waals surface area contributed by atoms with Crippen LogP contribution >= 0.6 is 0 Å². The lowest BCUT2D eigenvalue weighted by molar-refractivity contribution is 0.0955. The zero-order valence-corrected chi connectivity index (χ0v) is 20.6. The molecule has 38 heavy (non-hydrogen) atoms.